The lowest BCUT2D eigenvalue weighted by Crippen LogP contribution is -2.51. The lowest BCUT2D eigenvalue weighted by atomic mass is 9.58. The van der Waals surface area contributed by atoms with Gasteiger partial charge in [0.25, 0.3) is 0 Å². The lowest BCUT2D eigenvalue weighted by molar-refractivity contribution is 0.0296. The molecule has 1 rings (SSSR count). The number of hydrogen-bond donors (Lipinski definition) is 1. The monoisotopic (exact) mass is 155 g/mol. The van der Waals surface area contributed by atoms with Gasteiger partial charge in [0.15, 0.2) is 0 Å². The SMILES string of the molecule is CCC1C(N)CC1C(C)(C)C. The third-order valence-corrected chi connectivity index (χ3v) is 3.18. The maximum atomic E-state index is 5.92. The summed E-state index contributed by atoms with van der Waals surface area (Å²) >= 11 is 0. The molecule has 0 aromatic heterocycles. The minimum absolute atomic E-state index is 0.469. The first-order chi connectivity index (χ1) is 4.96. The molecule has 1 fully saturated rings. The van der Waals surface area contributed by atoms with Gasteiger partial charge in [-0.15, -0.1) is 0 Å². The lowest BCUT2D eigenvalue weighted by Gasteiger charge is -2.49. The van der Waals surface area contributed by atoms with Crippen LogP contribution in [0.15, 0.2) is 0 Å². The van der Waals surface area contributed by atoms with Crippen LogP contribution in [0.5, 0.6) is 0 Å². The van der Waals surface area contributed by atoms with Crippen LogP contribution in [0.1, 0.15) is 40.5 Å². The van der Waals surface area contributed by atoms with Gasteiger partial charge >= 0.3 is 0 Å². The van der Waals surface area contributed by atoms with Gasteiger partial charge in [-0.05, 0) is 23.7 Å². The van der Waals surface area contributed by atoms with Crippen molar-refractivity contribution in [3.05, 3.63) is 0 Å². The second kappa shape index (κ2) is 2.78. The Labute approximate surface area is 70.4 Å². The predicted molar refractivity (Wildman–Crippen MR) is 49.3 cm³/mol. The van der Waals surface area contributed by atoms with Crippen LogP contribution < -0.4 is 5.73 Å². The Kier molecular flexibility index (Phi) is 2.29. The molecule has 0 saturated heterocycles. The Morgan fingerprint density at radius 3 is 2.09 bits per heavy atom. The Morgan fingerprint density at radius 1 is 1.36 bits per heavy atom. The molecular weight excluding hydrogens is 134 g/mol. The first-order valence-electron chi connectivity index (χ1n) is 4.72. The van der Waals surface area contributed by atoms with Gasteiger partial charge in [-0.25, -0.2) is 0 Å². The van der Waals surface area contributed by atoms with Gasteiger partial charge in [-0.1, -0.05) is 34.1 Å². The highest BCUT2D eigenvalue weighted by Gasteiger charge is 2.43. The molecule has 1 saturated carbocycles. The summed E-state index contributed by atoms with van der Waals surface area (Å²) in [6.07, 6.45) is 2.49. The van der Waals surface area contributed by atoms with Gasteiger partial charge in [0.05, 0.1) is 0 Å². The van der Waals surface area contributed by atoms with Crippen molar-refractivity contribution >= 4 is 0 Å². The fraction of sp³-hybridized carbons (Fsp3) is 1.00. The summed E-state index contributed by atoms with van der Waals surface area (Å²) in [5, 5.41) is 0. The van der Waals surface area contributed by atoms with E-state index < -0.39 is 0 Å². The Morgan fingerprint density at radius 2 is 1.91 bits per heavy atom. The van der Waals surface area contributed by atoms with E-state index in [1.54, 1.807) is 0 Å². The highest BCUT2D eigenvalue weighted by molar-refractivity contribution is 4.96. The summed E-state index contributed by atoms with van der Waals surface area (Å²) in [5.41, 5.74) is 6.39. The third kappa shape index (κ3) is 1.58. The minimum Gasteiger partial charge on any atom is -0.327 e. The van der Waals surface area contributed by atoms with Crippen LogP contribution in [-0.2, 0) is 0 Å². The van der Waals surface area contributed by atoms with E-state index in [0.717, 1.165) is 11.8 Å². The molecule has 3 unspecified atom stereocenters. The predicted octanol–water partition coefficient (Wildman–Crippen LogP) is 2.41. The molecule has 0 aliphatic heterocycles. The van der Waals surface area contributed by atoms with E-state index >= 15 is 0 Å². The Bertz CT molecular complexity index is 134. The van der Waals surface area contributed by atoms with E-state index in [4.69, 9.17) is 5.73 Å². The molecule has 0 amide bonds. The molecule has 11 heavy (non-hydrogen) atoms. The quantitative estimate of drug-likeness (QED) is 0.618. The molecule has 66 valence electrons. The van der Waals surface area contributed by atoms with Crippen LogP contribution in [0.4, 0.5) is 0 Å². The van der Waals surface area contributed by atoms with Gasteiger partial charge in [0, 0.05) is 6.04 Å². The van der Waals surface area contributed by atoms with Crippen LogP contribution in [0.3, 0.4) is 0 Å². The molecule has 0 radical (unpaired) electrons. The molecule has 2 N–H and O–H groups in total. The van der Waals surface area contributed by atoms with Crippen LogP contribution >= 0.6 is 0 Å². The second-order valence-corrected chi connectivity index (χ2v) is 4.94. The molecule has 0 bridgehead atoms. The van der Waals surface area contributed by atoms with Crippen molar-refractivity contribution in [2.24, 2.45) is 23.0 Å². The smallest absolute Gasteiger partial charge is 0.00728 e. The van der Waals surface area contributed by atoms with E-state index in [2.05, 4.69) is 27.7 Å². The molecular formula is C10H21N. The van der Waals surface area contributed by atoms with Crippen LogP contribution in [0.2, 0.25) is 0 Å². The molecule has 1 aliphatic rings. The topological polar surface area (TPSA) is 26.0 Å². The number of nitrogens with two attached hydrogens (primary N) is 1. The van der Waals surface area contributed by atoms with Crippen molar-refractivity contribution in [2.45, 2.75) is 46.6 Å². The van der Waals surface area contributed by atoms with E-state index in [9.17, 15) is 0 Å². The molecule has 1 aliphatic carbocycles. The van der Waals surface area contributed by atoms with Gasteiger partial charge in [-0.2, -0.15) is 0 Å². The molecule has 0 spiro atoms. The summed E-state index contributed by atoms with van der Waals surface area (Å²) in [4.78, 5) is 0. The van der Waals surface area contributed by atoms with Gasteiger partial charge in [-0.3, -0.25) is 0 Å². The average Bonchev–Trinajstić information content (AvgIpc) is 1.81. The van der Waals surface area contributed by atoms with Crippen molar-refractivity contribution in [3.8, 4) is 0 Å². The van der Waals surface area contributed by atoms with E-state index in [1.807, 2.05) is 0 Å². The van der Waals surface area contributed by atoms with Gasteiger partial charge < -0.3 is 5.73 Å². The fourth-order valence-corrected chi connectivity index (χ4v) is 2.33. The molecule has 3 atom stereocenters. The van der Waals surface area contributed by atoms with Crippen LogP contribution in [-0.4, -0.2) is 6.04 Å². The first-order valence-corrected chi connectivity index (χ1v) is 4.72. The summed E-state index contributed by atoms with van der Waals surface area (Å²) in [5.74, 6) is 1.65. The maximum absolute atomic E-state index is 5.92. The zero-order valence-electron chi connectivity index (χ0n) is 8.22. The summed E-state index contributed by atoms with van der Waals surface area (Å²) in [6.45, 7) is 9.23. The summed E-state index contributed by atoms with van der Waals surface area (Å²) in [6, 6.07) is 0.490. The molecule has 0 heterocycles. The van der Waals surface area contributed by atoms with Crippen molar-refractivity contribution in [1.82, 2.24) is 0 Å². The number of hydrogen-bond acceptors (Lipinski definition) is 1. The second-order valence-electron chi connectivity index (χ2n) is 4.94. The summed E-state index contributed by atoms with van der Waals surface area (Å²) < 4.78 is 0. The zero-order chi connectivity index (χ0) is 8.65. The maximum Gasteiger partial charge on any atom is 0.00728 e. The standard InChI is InChI=1S/C10H21N/c1-5-7-8(6-9(7)11)10(2,3)4/h7-9H,5-6,11H2,1-4H3. The normalized spacial score (nSPS) is 38.5. The van der Waals surface area contributed by atoms with E-state index in [1.165, 1.54) is 12.8 Å². The fourth-order valence-electron chi connectivity index (χ4n) is 2.33. The highest BCUT2D eigenvalue weighted by Crippen LogP contribution is 2.46. The molecule has 1 heteroatoms. The van der Waals surface area contributed by atoms with Crippen molar-refractivity contribution < 1.29 is 0 Å². The van der Waals surface area contributed by atoms with Gasteiger partial charge in [0.2, 0.25) is 0 Å². The minimum atomic E-state index is 0.469. The van der Waals surface area contributed by atoms with Gasteiger partial charge in [0.1, 0.15) is 0 Å². The first kappa shape index (κ1) is 9.05. The van der Waals surface area contributed by atoms with E-state index in [0.29, 0.717) is 11.5 Å². The number of rotatable bonds is 1. The summed E-state index contributed by atoms with van der Waals surface area (Å²) in [7, 11) is 0. The Hall–Kier alpha value is -0.0400. The highest BCUT2D eigenvalue weighted by atomic mass is 14.7. The largest absolute Gasteiger partial charge is 0.327 e. The molecule has 0 aromatic carbocycles. The zero-order valence-corrected chi connectivity index (χ0v) is 8.22. The van der Waals surface area contributed by atoms with Crippen LogP contribution in [0.25, 0.3) is 0 Å². The van der Waals surface area contributed by atoms with Crippen molar-refractivity contribution in [2.75, 3.05) is 0 Å². The molecule has 0 aromatic rings. The molecule has 1 nitrogen and oxygen atoms in total. The van der Waals surface area contributed by atoms with Crippen molar-refractivity contribution in [3.63, 3.8) is 0 Å². The third-order valence-electron chi connectivity index (χ3n) is 3.18. The van der Waals surface area contributed by atoms with Crippen molar-refractivity contribution in [1.29, 1.82) is 0 Å². The average molecular weight is 155 g/mol. The van der Waals surface area contributed by atoms with Crippen LogP contribution in [0, 0.1) is 17.3 Å². The van der Waals surface area contributed by atoms with E-state index in [-0.39, 0.29) is 0 Å². The Balaban J connectivity index is 2.51.